The smallest absolute Gasteiger partial charge is 0.306 e. The third-order valence-corrected chi connectivity index (χ3v) is 13.3. The summed E-state index contributed by atoms with van der Waals surface area (Å²) in [5.74, 6) is -0.910. The second-order valence-corrected chi connectivity index (χ2v) is 20.6. The molecule has 420 valence electrons. The zero-order valence-corrected chi connectivity index (χ0v) is 48.1. The Balaban J connectivity index is 4.28. The zero-order valence-electron chi connectivity index (χ0n) is 48.1. The Bertz CT molecular complexity index is 1400. The second kappa shape index (κ2) is 61.1. The molecule has 0 heterocycles. The Morgan fingerprint density at radius 3 is 0.849 bits per heavy atom. The van der Waals surface area contributed by atoms with Crippen molar-refractivity contribution >= 4 is 17.9 Å². The lowest BCUT2D eigenvalue weighted by Gasteiger charge is -2.18. The van der Waals surface area contributed by atoms with Crippen LogP contribution in [-0.2, 0) is 28.6 Å². The Hall–Kier alpha value is -3.41. The maximum atomic E-state index is 12.9. The molecule has 0 saturated heterocycles. The molecule has 0 rings (SSSR count). The van der Waals surface area contributed by atoms with E-state index in [4.69, 9.17) is 14.2 Å². The van der Waals surface area contributed by atoms with Gasteiger partial charge >= 0.3 is 17.9 Å². The SMILES string of the molecule is CCC/C=C\C/C=C\CCCCCCCC(=O)OCC(COC(=O)CCCCCCCCCCCCCC/C=C\C/C=C\C/C=C\CCCCCCC)OC(=O)CCCCCCC/C=C\C/C=C\CCCCC. The number of unbranched alkanes of at least 4 members (excludes halogenated alkanes) is 31. The average molecular weight is 1020 g/mol. The summed E-state index contributed by atoms with van der Waals surface area (Å²) in [7, 11) is 0. The van der Waals surface area contributed by atoms with Crippen LogP contribution >= 0.6 is 0 Å². The Kier molecular flexibility index (Phi) is 58.3. The first kappa shape index (κ1) is 69.6. The minimum Gasteiger partial charge on any atom is -0.462 e. The van der Waals surface area contributed by atoms with Gasteiger partial charge in [0.15, 0.2) is 6.10 Å². The molecular weight excluding hydrogens is 901 g/mol. The molecular formula is C67H116O6. The molecule has 0 aromatic rings. The van der Waals surface area contributed by atoms with E-state index >= 15 is 0 Å². The van der Waals surface area contributed by atoms with Crippen LogP contribution in [0.5, 0.6) is 0 Å². The summed E-state index contributed by atoms with van der Waals surface area (Å²) in [6, 6.07) is 0. The summed E-state index contributed by atoms with van der Waals surface area (Å²) < 4.78 is 16.9. The van der Waals surface area contributed by atoms with Gasteiger partial charge in [0.2, 0.25) is 0 Å². The van der Waals surface area contributed by atoms with Crippen LogP contribution in [0.3, 0.4) is 0 Å². The first-order chi connectivity index (χ1) is 36.0. The number of carbonyl (C=O) groups is 3. The van der Waals surface area contributed by atoms with Crippen molar-refractivity contribution in [1.82, 2.24) is 0 Å². The van der Waals surface area contributed by atoms with Gasteiger partial charge in [-0.05, 0) is 116 Å². The van der Waals surface area contributed by atoms with Gasteiger partial charge < -0.3 is 14.2 Å². The summed E-state index contributed by atoms with van der Waals surface area (Å²) in [5.41, 5.74) is 0. The molecule has 0 fully saturated rings. The number of ether oxygens (including phenoxy) is 3. The first-order valence-corrected chi connectivity index (χ1v) is 31.1. The van der Waals surface area contributed by atoms with Crippen molar-refractivity contribution in [2.75, 3.05) is 13.2 Å². The lowest BCUT2D eigenvalue weighted by atomic mass is 10.0. The minimum absolute atomic E-state index is 0.0871. The quantitative estimate of drug-likeness (QED) is 0.0261. The van der Waals surface area contributed by atoms with E-state index in [-0.39, 0.29) is 31.1 Å². The fraction of sp³-hybridized carbons (Fsp3) is 0.746. The van der Waals surface area contributed by atoms with E-state index in [9.17, 15) is 14.4 Å². The Morgan fingerprint density at radius 2 is 0.521 bits per heavy atom. The van der Waals surface area contributed by atoms with Crippen LogP contribution in [0.25, 0.3) is 0 Å². The third kappa shape index (κ3) is 59.3. The highest BCUT2D eigenvalue weighted by atomic mass is 16.6. The van der Waals surface area contributed by atoms with Crippen LogP contribution in [0.4, 0.5) is 0 Å². The highest BCUT2D eigenvalue weighted by Crippen LogP contribution is 2.16. The van der Waals surface area contributed by atoms with Crippen LogP contribution in [0.1, 0.15) is 303 Å². The normalized spacial score (nSPS) is 12.6. The molecule has 73 heavy (non-hydrogen) atoms. The molecule has 0 N–H and O–H groups in total. The van der Waals surface area contributed by atoms with E-state index in [1.165, 1.54) is 135 Å². The average Bonchev–Trinajstić information content (AvgIpc) is 3.39. The van der Waals surface area contributed by atoms with Gasteiger partial charge in [-0.1, -0.05) is 254 Å². The molecule has 0 aliphatic carbocycles. The zero-order chi connectivity index (χ0) is 52.9. The molecule has 0 bridgehead atoms. The molecule has 0 aromatic heterocycles. The summed E-state index contributed by atoms with van der Waals surface area (Å²) in [5, 5.41) is 0. The van der Waals surface area contributed by atoms with E-state index in [2.05, 4.69) is 106 Å². The largest absolute Gasteiger partial charge is 0.462 e. The minimum atomic E-state index is -0.791. The molecule has 0 radical (unpaired) electrons. The monoisotopic (exact) mass is 1020 g/mol. The van der Waals surface area contributed by atoms with Crippen molar-refractivity contribution in [1.29, 1.82) is 0 Å². The highest BCUT2D eigenvalue weighted by molar-refractivity contribution is 5.71. The molecule has 6 nitrogen and oxygen atoms in total. The molecule has 0 aliphatic heterocycles. The van der Waals surface area contributed by atoms with Crippen molar-refractivity contribution in [2.24, 2.45) is 0 Å². The maximum absolute atomic E-state index is 12.9. The summed E-state index contributed by atoms with van der Waals surface area (Å²) in [6.45, 7) is 6.53. The van der Waals surface area contributed by atoms with Crippen LogP contribution in [0.2, 0.25) is 0 Å². The van der Waals surface area contributed by atoms with Crippen LogP contribution in [0.15, 0.2) is 85.1 Å². The van der Waals surface area contributed by atoms with Crippen LogP contribution < -0.4 is 0 Å². The molecule has 0 aliphatic rings. The van der Waals surface area contributed by atoms with Gasteiger partial charge in [-0.25, -0.2) is 0 Å². The van der Waals surface area contributed by atoms with E-state index in [1.54, 1.807) is 0 Å². The molecule has 0 saturated carbocycles. The van der Waals surface area contributed by atoms with Gasteiger partial charge in [-0.2, -0.15) is 0 Å². The van der Waals surface area contributed by atoms with Crippen molar-refractivity contribution < 1.29 is 28.6 Å². The van der Waals surface area contributed by atoms with Gasteiger partial charge in [-0.15, -0.1) is 0 Å². The number of hydrogen-bond donors (Lipinski definition) is 0. The van der Waals surface area contributed by atoms with E-state index in [0.29, 0.717) is 19.3 Å². The summed E-state index contributed by atoms with van der Waals surface area (Å²) in [4.78, 5) is 38.2. The molecule has 0 aromatic carbocycles. The Labute approximate surface area is 452 Å². The van der Waals surface area contributed by atoms with Crippen LogP contribution in [-0.4, -0.2) is 37.2 Å². The summed E-state index contributed by atoms with van der Waals surface area (Å²) in [6.07, 6.45) is 80.1. The van der Waals surface area contributed by atoms with Gasteiger partial charge in [-0.3, -0.25) is 14.4 Å². The standard InChI is InChI=1S/C67H116O6/c1-4-7-10-13-16-19-22-25-27-28-29-30-31-32-33-34-35-36-37-38-40-42-45-48-51-54-57-60-66(69)72-63-64(62-71-65(68)59-56-53-50-47-44-41-24-21-18-15-12-9-6-3)73-67(70)61-58-55-52-49-46-43-39-26-23-20-17-14-11-8-5-2/h12,15,17,20-22,24-26,28-29,31-32,39,64H,4-11,13-14,16,18-19,23,27,30,33-38,40-63H2,1-3H3/b15-12-,20-17-,24-21-,25-22-,29-28-,32-31-,39-26-. The fourth-order valence-corrected chi connectivity index (χ4v) is 8.64. The van der Waals surface area contributed by atoms with Crippen LogP contribution in [0, 0.1) is 0 Å². The van der Waals surface area contributed by atoms with E-state index in [1.807, 2.05) is 0 Å². The van der Waals surface area contributed by atoms with Gasteiger partial charge in [0, 0.05) is 19.3 Å². The molecule has 0 amide bonds. The van der Waals surface area contributed by atoms with Crippen molar-refractivity contribution in [3.05, 3.63) is 85.1 Å². The lowest BCUT2D eigenvalue weighted by Crippen LogP contribution is -2.30. The van der Waals surface area contributed by atoms with Gasteiger partial charge in [0.25, 0.3) is 0 Å². The first-order valence-electron chi connectivity index (χ1n) is 31.1. The van der Waals surface area contributed by atoms with Gasteiger partial charge in [0.1, 0.15) is 13.2 Å². The Morgan fingerprint density at radius 1 is 0.274 bits per heavy atom. The molecule has 6 heteroatoms. The number of esters is 3. The number of allylic oxidation sites excluding steroid dienone is 14. The summed E-state index contributed by atoms with van der Waals surface area (Å²) >= 11 is 0. The predicted octanol–water partition coefficient (Wildman–Crippen LogP) is 21.1. The third-order valence-electron chi connectivity index (χ3n) is 13.3. The predicted molar refractivity (Wildman–Crippen MR) is 316 cm³/mol. The van der Waals surface area contributed by atoms with Crippen molar-refractivity contribution in [3.63, 3.8) is 0 Å². The number of hydrogen-bond acceptors (Lipinski definition) is 6. The maximum Gasteiger partial charge on any atom is 0.306 e. The number of carbonyl (C=O) groups excluding carboxylic acids is 3. The van der Waals surface area contributed by atoms with E-state index < -0.39 is 6.10 Å². The van der Waals surface area contributed by atoms with Crippen molar-refractivity contribution in [3.8, 4) is 0 Å². The topological polar surface area (TPSA) is 78.9 Å². The lowest BCUT2D eigenvalue weighted by molar-refractivity contribution is -0.167. The van der Waals surface area contributed by atoms with E-state index in [0.717, 1.165) is 128 Å². The highest BCUT2D eigenvalue weighted by Gasteiger charge is 2.19. The second-order valence-electron chi connectivity index (χ2n) is 20.6. The molecule has 0 spiro atoms. The fourth-order valence-electron chi connectivity index (χ4n) is 8.64. The molecule has 1 unspecified atom stereocenters. The number of rotatable bonds is 56. The van der Waals surface area contributed by atoms with Gasteiger partial charge in [0.05, 0.1) is 0 Å². The van der Waals surface area contributed by atoms with Crippen molar-refractivity contribution in [2.45, 2.75) is 309 Å². The molecule has 1 atom stereocenters.